The summed E-state index contributed by atoms with van der Waals surface area (Å²) in [4.78, 5) is 0. The first-order chi connectivity index (χ1) is 7.77. The average molecular weight is 223 g/mol. The highest BCUT2D eigenvalue weighted by Crippen LogP contribution is 2.30. The Morgan fingerprint density at radius 1 is 0.688 bits per heavy atom. The van der Waals surface area contributed by atoms with E-state index < -0.39 is 0 Å². The van der Waals surface area contributed by atoms with Crippen LogP contribution in [0.15, 0.2) is 0 Å². The maximum Gasteiger partial charge on any atom is 0.00695 e. The molecule has 2 aliphatic rings. The fraction of sp³-hybridized carbons (Fsp3) is 1.00. The number of nitrogens with one attached hydrogen (secondary N) is 1. The summed E-state index contributed by atoms with van der Waals surface area (Å²) in [5.41, 5.74) is 0. The monoisotopic (exact) mass is 223 g/mol. The zero-order valence-electron chi connectivity index (χ0n) is 11.2. The van der Waals surface area contributed by atoms with Gasteiger partial charge in [0.15, 0.2) is 0 Å². The summed E-state index contributed by atoms with van der Waals surface area (Å²) in [6, 6.07) is 1.50. The molecule has 0 saturated heterocycles. The van der Waals surface area contributed by atoms with E-state index in [0.29, 0.717) is 0 Å². The third-order valence-corrected chi connectivity index (χ3v) is 4.99. The van der Waals surface area contributed by atoms with Gasteiger partial charge in [0.1, 0.15) is 0 Å². The van der Waals surface area contributed by atoms with Gasteiger partial charge in [-0.2, -0.15) is 0 Å². The summed E-state index contributed by atoms with van der Waals surface area (Å²) in [6.07, 6.45) is 13.2. The highest BCUT2D eigenvalue weighted by Gasteiger charge is 2.25. The van der Waals surface area contributed by atoms with Crippen molar-refractivity contribution in [2.75, 3.05) is 0 Å². The minimum Gasteiger partial charge on any atom is -0.311 e. The third kappa shape index (κ3) is 3.23. The van der Waals surface area contributed by atoms with E-state index in [1.807, 2.05) is 0 Å². The maximum atomic E-state index is 3.89. The second kappa shape index (κ2) is 6.05. The van der Waals surface area contributed by atoms with Gasteiger partial charge in [-0.25, -0.2) is 0 Å². The number of rotatable bonds is 4. The number of hydrogen-bond acceptors (Lipinski definition) is 1. The first-order valence-corrected chi connectivity index (χ1v) is 7.53. The molecule has 94 valence electrons. The van der Waals surface area contributed by atoms with Crippen molar-refractivity contribution in [3.8, 4) is 0 Å². The molecule has 2 saturated carbocycles. The molecule has 2 fully saturated rings. The van der Waals surface area contributed by atoms with E-state index >= 15 is 0 Å². The molecule has 0 spiro atoms. The standard InChI is InChI=1S/C15H29N/c1-12(14-8-4-3-5-9-14)16-13(2)15-10-6-7-11-15/h12-16H,3-11H2,1-2H3/t12-,13?/m1/s1. The van der Waals surface area contributed by atoms with Gasteiger partial charge in [-0.05, 0) is 51.4 Å². The average Bonchev–Trinajstić information content (AvgIpc) is 2.83. The molecule has 1 N–H and O–H groups in total. The molecule has 0 aromatic rings. The van der Waals surface area contributed by atoms with Crippen molar-refractivity contribution in [2.24, 2.45) is 11.8 Å². The van der Waals surface area contributed by atoms with E-state index in [4.69, 9.17) is 0 Å². The Morgan fingerprint density at radius 3 is 1.50 bits per heavy atom. The van der Waals surface area contributed by atoms with E-state index in [1.54, 1.807) is 0 Å². The molecule has 0 aromatic heterocycles. The van der Waals surface area contributed by atoms with Crippen LogP contribution in [0.1, 0.15) is 71.6 Å². The zero-order valence-corrected chi connectivity index (χ0v) is 11.2. The van der Waals surface area contributed by atoms with Gasteiger partial charge in [-0.3, -0.25) is 0 Å². The van der Waals surface area contributed by atoms with Crippen LogP contribution in [0, 0.1) is 11.8 Å². The predicted molar refractivity (Wildman–Crippen MR) is 70.6 cm³/mol. The van der Waals surface area contributed by atoms with E-state index in [2.05, 4.69) is 19.2 Å². The highest BCUT2D eigenvalue weighted by atomic mass is 15.0. The Hall–Kier alpha value is -0.0400. The molecule has 2 aliphatic carbocycles. The molecule has 16 heavy (non-hydrogen) atoms. The lowest BCUT2D eigenvalue weighted by atomic mass is 9.84. The number of hydrogen-bond donors (Lipinski definition) is 1. The summed E-state index contributed by atoms with van der Waals surface area (Å²) >= 11 is 0. The van der Waals surface area contributed by atoms with Crippen LogP contribution in [-0.4, -0.2) is 12.1 Å². The Bertz CT molecular complexity index is 190. The Morgan fingerprint density at radius 2 is 1.06 bits per heavy atom. The lowest BCUT2D eigenvalue weighted by Crippen LogP contribution is -2.43. The molecule has 0 radical (unpaired) electrons. The van der Waals surface area contributed by atoms with Gasteiger partial charge in [0, 0.05) is 12.1 Å². The predicted octanol–water partition coefficient (Wildman–Crippen LogP) is 4.12. The molecule has 2 rings (SSSR count). The third-order valence-electron chi connectivity index (χ3n) is 4.99. The normalized spacial score (nSPS) is 28.1. The van der Waals surface area contributed by atoms with Crippen LogP contribution in [-0.2, 0) is 0 Å². The summed E-state index contributed by atoms with van der Waals surface area (Å²) in [6.45, 7) is 4.83. The van der Waals surface area contributed by atoms with Crippen LogP contribution in [0.2, 0.25) is 0 Å². The Labute approximate surface area is 101 Å². The minimum atomic E-state index is 0.746. The van der Waals surface area contributed by atoms with Crippen molar-refractivity contribution < 1.29 is 0 Å². The lowest BCUT2D eigenvalue weighted by Gasteiger charge is -2.32. The van der Waals surface area contributed by atoms with Crippen LogP contribution in [0.4, 0.5) is 0 Å². The quantitative estimate of drug-likeness (QED) is 0.756. The SMILES string of the molecule is CC(N[C@H](C)C1CCCCC1)C1CCCC1. The minimum absolute atomic E-state index is 0.746. The zero-order chi connectivity index (χ0) is 11.4. The second-order valence-electron chi connectivity index (χ2n) is 6.19. The molecule has 0 heterocycles. The Balaban J connectivity index is 1.74. The fourth-order valence-corrected chi connectivity index (χ4v) is 3.78. The second-order valence-corrected chi connectivity index (χ2v) is 6.19. The highest BCUT2D eigenvalue weighted by molar-refractivity contribution is 4.83. The van der Waals surface area contributed by atoms with Crippen LogP contribution < -0.4 is 5.32 Å². The van der Waals surface area contributed by atoms with Crippen molar-refractivity contribution in [3.63, 3.8) is 0 Å². The van der Waals surface area contributed by atoms with Crippen molar-refractivity contribution in [3.05, 3.63) is 0 Å². The molecular formula is C15H29N. The first kappa shape index (κ1) is 12.4. The molecule has 1 nitrogen and oxygen atoms in total. The van der Waals surface area contributed by atoms with Crippen LogP contribution in [0.5, 0.6) is 0 Å². The van der Waals surface area contributed by atoms with Gasteiger partial charge < -0.3 is 5.32 Å². The molecule has 0 aromatic carbocycles. The van der Waals surface area contributed by atoms with Crippen molar-refractivity contribution >= 4 is 0 Å². The summed E-state index contributed by atoms with van der Waals surface area (Å²) in [5, 5.41) is 3.89. The van der Waals surface area contributed by atoms with E-state index in [-0.39, 0.29) is 0 Å². The fourth-order valence-electron chi connectivity index (χ4n) is 3.78. The van der Waals surface area contributed by atoms with Gasteiger partial charge in [0.25, 0.3) is 0 Å². The molecule has 1 unspecified atom stereocenters. The molecule has 2 atom stereocenters. The van der Waals surface area contributed by atoms with Crippen molar-refractivity contribution in [1.29, 1.82) is 0 Å². The van der Waals surface area contributed by atoms with E-state index in [1.165, 1.54) is 57.8 Å². The van der Waals surface area contributed by atoms with Gasteiger partial charge in [-0.15, -0.1) is 0 Å². The molecule has 1 heteroatoms. The smallest absolute Gasteiger partial charge is 0.00695 e. The van der Waals surface area contributed by atoms with E-state index in [9.17, 15) is 0 Å². The van der Waals surface area contributed by atoms with Crippen molar-refractivity contribution in [2.45, 2.75) is 83.7 Å². The lowest BCUT2D eigenvalue weighted by molar-refractivity contribution is 0.244. The van der Waals surface area contributed by atoms with Gasteiger partial charge >= 0.3 is 0 Å². The van der Waals surface area contributed by atoms with Gasteiger partial charge in [-0.1, -0.05) is 32.1 Å². The largest absolute Gasteiger partial charge is 0.311 e. The summed E-state index contributed by atoms with van der Waals surface area (Å²) in [5.74, 6) is 1.92. The molecular weight excluding hydrogens is 194 g/mol. The van der Waals surface area contributed by atoms with Crippen LogP contribution in [0.3, 0.4) is 0 Å². The molecule has 0 aliphatic heterocycles. The summed E-state index contributed by atoms with van der Waals surface area (Å²) in [7, 11) is 0. The van der Waals surface area contributed by atoms with E-state index in [0.717, 1.165) is 23.9 Å². The molecule has 0 amide bonds. The van der Waals surface area contributed by atoms with Gasteiger partial charge in [0.2, 0.25) is 0 Å². The maximum absolute atomic E-state index is 3.89. The molecule has 0 bridgehead atoms. The summed E-state index contributed by atoms with van der Waals surface area (Å²) < 4.78 is 0. The van der Waals surface area contributed by atoms with Crippen molar-refractivity contribution in [1.82, 2.24) is 5.32 Å². The Kier molecular flexibility index (Phi) is 4.69. The van der Waals surface area contributed by atoms with Crippen LogP contribution in [0.25, 0.3) is 0 Å². The topological polar surface area (TPSA) is 12.0 Å². The van der Waals surface area contributed by atoms with Crippen LogP contribution >= 0.6 is 0 Å². The van der Waals surface area contributed by atoms with Gasteiger partial charge in [0.05, 0.1) is 0 Å². The first-order valence-electron chi connectivity index (χ1n) is 7.53.